The molecule has 0 saturated carbocycles. The molecule has 0 N–H and O–H groups in total. The molecular weight excluding hydrogens is 719 g/mol. The Morgan fingerprint density at radius 1 is 0.547 bits per heavy atom. The molecule has 3 aromatic carbocycles. The highest BCUT2D eigenvalue weighted by atomic mass is 19.4. The maximum absolute atomic E-state index is 13.7. The minimum absolute atomic E-state index is 0.117. The Morgan fingerprint density at radius 2 is 0.981 bits per heavy atom. The van der Waals surface area contributed by atoms with E-state index < -0.39 is 48.1 Å². The van der Waals surface area contributed by atoms with E-state index in [-0.39, 0.29) is 11.3 Å². The maximum Gasteiger partial charge on any atom is 0.460 e. The third-order valence-electron chi connectivity index (χ3n) is 7.99. The number of alkyl halides is 9. The molecule has 0 aliphatic rings. The first kappa shape index (κ1) is 42.7. The van der Waals surface area contributed by atoms with Crippen LogP contribution in [0.1, 0.15) is 103 Å². The van der Waals surface area contributed by atoms with Crippen molar-refractivity contribution in [3.8, 4) is 23.3 Å². The Labute approximate surface area is 301 Å². The zero-order valence-corrected chi connectivity index (χ0v) is 28.9. The summed E-state index contributed by atoms with van der Waals surface area (Å²) in [5.74, 6) is -15.9. The van der Waals surface area contributed by atoms with Crippen molar-refractivity contribution in [2.75, 3.05) is 13.2 Å². The lowest BCUT2D eigenvalue weighted by Gasteiger charge is -2.33. The Morgan fingerprint density at radius 3 is 1.45 bits per heavy atom. The number of hydrogen-bond donors (Lipinski definition) is 0. The number of unbranched alkanes of at least 4 members (excludes halogenated alkanes) is 9. The van der Waals surface area contributed by atoms with Crippen LogP contribution in [0.5, 0.6) is 11.5 Å². The summed E-state index contributed by atoms with van der Waals surface area (Å²) >= 11 is 0. The Bertz CT molecular complexity index is 1660. The average Bonchev–Trinajstić information content (AvgIpc) is 3.12. The van der Waals surface area contributed by atoms with E-state index in [4.69, 9.17) is 9.47 Å². The van der Waals surface area contributed by atoms with Crippen molar-refractivity contribution in [2.45, 2.75) is 95.1 Å². The van der Waals surface area contributed by atoms with Crippen LogP contribution in [0.25, 0.3) is 0 Å². The zero-order valence-electron chi connectivity index (χ0n) is 28.9. The van der Waals surface area contributed by atoms with Gasteiger partial charge in [0.1, 0.15) is 11.5 Å². The van der Waals surface area contributed by atoms with E-state index in [1.165, 1.54) is 63.5 Å². The summed E-state index contributed by atoms with van der Waals surface area (Å²) in [6, 6.07) is 17.2. The van der Waals surface area contributed by atoms with Crippen LogP contribution in [0, 0.1) is 11.8 Å². The summed E-state index contributed by atoms with van der Waals surface area (Å²) in [4.78, 5) is 24.5. The molecule has 0 heterocycles. The van der Waals surface area contributed by atoms with Crippen molar-refractivity contribution >= 4 is 11.9 Å². The second-order valence-electron chi connectivity index (χ2n) is 12.2. The van der Waals surface area contributed by atoms with Crippen molar-refractivity contribution in [2.24, 2.45) is 0 Å². The quantitative estimate of drug-likeness (QED) is 0.0401. The van der Waals surface area contributed by atoms with Gasteiger partial charge in [0.25, 0.3) is 0 Å². The lowest BCUT2D eigenvalue weighted by atomic mass is 10.0. The summed E-state index contributed by atoms with van der Waals surface area (Å²) in [7, 11) is 0. The van der Waals surface area contributed by atoms with E-state index in [1.54, 1.807) is 12.1 Å². The third-order valence-corrected chi connectivity index (χ3v) is 7.99. The predicted octanol–water partition coefficient (Wildman–Crippen LogP) is 11.2. The Balaban J connectivity index is 1.43. The summed E-state index contributed by atoms with van der Waals surface area (Å²) in [6.07, 6.45) is 5.50. The standard InChI is InChI=1S/C39H39F9O5/c1-2-3-4-5-6-7-8-9-10-11-26-51-32-22-14-28(15-23-32)12-13-29-16-24-33(25-17-29)53-35(50)31-20-18-30(19-21-31)34(49)52-27-36(40,41)37(42,43)38(44,45)39(46,47)48/h14-25H,2-11,26-27H2,1H3. The molecule has 0 unspecified atom stereocenters. The second-order valence-corrected chi connectivity index (χ2v) is 12.2. The van der Waals surface area contributed by atoms with Gasteiger partial charge in [0, 0.05) is 11.1 Å². The molecule has 53 heavy (non-hydrogen) atoms. The Hall–Kier alpha value is -4.67. The molecule has 0 bridgehead atoms. The van der Waals surface area contributed by atoms with E-state index in [0.717, 1.165) is 48.4 Å². The Kier molecular flexibility index (Phi) is 15.7. The van der Waals surface area contributed by atoms with Gasteiger partial charge in [-0.15, -0.1) is 0 Å². The fourth-order valence-corrected chi connectivity index (χ4v) is 4.81. The highest BCUT2D eigenvalue weighted by Gasteiger charge is 2.82. The molecule has 0 radical (unpaired) electrons. The minimum Gasteiger partial charge on any atom is -0.494 e. The van der Waals surface area contributed by atoms with Crippen molar-refractivity contribution in [1.29, 1.82) is 0 Å². The van der Waals surface area contributed by atoms with Crippen LogP contribution in [-0.4, -0.2) is 49.1 Å². The fourth-order valence-electron chi connectivity index (χ4n) is 4.81. The van der Waals surface area contributed by atoms with Crippen LogP contribution in [-0.2, 0) is 4.74 Å². The highest BCUT2D eigenvalue weighted by Crippen LogP contribution is 2.53. The lowest BCUT2D eigenvalue weighted by Crippen LogP contribution is -2.62. The van der Waals surface area contributed by atoms with Crippen molar-refractivity contribution in [3.63, 3.8) is 0 Å². The van der Waals surface area contributed by atoms with Gasteiger partial charge in [-0.25, -0.2) is 9.59 Å². The van der Waals surface area contributed by atoms with E-state index in [2.05, 4.69) is 23.5 Å². The number of rotatable bonds is 19. The molecule has 0 aliphatic heterocycles. The van der Waals surface area contributed by atoms with Gasteiger partial charge in [-0.1, -0.05) is 76.6 Å². The van der Waals surface area contributed by atoms with E-state index in [9.17, 15) is 49.1 Å². The molecular formula is C39H39F9O5. The topological polar surface area (TPSA) is 61.8 Å². The number of benzene rings is 3. The van der Waals surface area contributed by atoms with Gasteiger partial charge in [-0.3, -0.25) is 0 Å². The molecule has 288 valence electrons. The van der Waals surface area contributed by atoms with Crippen LogP contribution < -0.4 is 9.47 Å². The van der Waals surface area contributed by atoms with Crippen LogP contribution >= 0.6 is 0 Å². The lowest BCUT2D eigenvalue weighted by molar-refractivity contribution is -0.398. The minimum atomic E-state index is -7.11. The van der Waals surface area contributed by atoms with Gasteiger partial charge in [-0.2, -0.15) is 39.5 Å². The number of carbonyl (C=O) groups excluding carboxylic acids is 2. The van der Waals surface area contributed by atoms with Gasteiger partial charge in [0.2, 0.25) is 0 Å². The molecule has 3 rings (SSSR count). The molecule has 0 aromatic heterocycles. The molecule has 3 aromatic rings. The maximum atomic E-state index is 13.7. The van der Waals surface area contributed by atoms with Gasteiger partial charge in [0.05, 0.1) is 17.7 Å². The second kappa shape index (κ2) is 19.4. The fraction of sp³-hybridized carbons (Fsp3) is 0.436. The van der Waals surface area contributed by atoms with E-state index >= 15 is 0 Å². The predicted molar refractivity (Wildman–Crippen MR) is 179 cm³/mol. The van der Waals surface area contributed by atoms with Crippen molar-refractivity contribution < 1.29 is 63.3 Å². The smallest absolute Gasteiger partial charge is 0.460 e. The van der Waals surface area contributed by atoms with Gasteiger partial charge in [0.15, 0.2) is 6.61 Å². The molecule has 0 atom stereocenters. The first-order valence-corrected chi connectivity index (χ1v) is 17.0. The first-order chi connectivity index (χ1) is 25.0. The number of carbonyl (C=O) groups is 2. The normalized spacial score (nSPS) is 12.1. The van der Waals surface area contributed by atoms with Crippen LogP contribution in [0.2, 0.25) is 0 Å². The van der Waals surface area contributed by atoms with Crippen LogP contribution in [0.4, 0.5) is 39.5 Å². The van der Waals surface area contributed by atoms with Crippen LogP contribution in [0.15, 0.2) is 72.8 Å². The van der Waals surface area contributed by atoms with E-state index in [1.807, 2.05) is 24.3 Å². The number of ether oxygens (including phenoxy) is 3. The zero-order chi connectivity index (χ0) is 39.1. The van der Waals surface area contributed by atoms with Gasteiger partial charge in [-0.05, 0) is 79.2 Å². The summed E-state index contributed by atoms with van der Waals surface area (Å²) in [6.45, 7) is 0.0916. The number of hydrogen-bond acceptors (Lipinski definition) is 5. The first-order valence-electron chi connectivity index (χ1n) is 17.0. The summed E-state index contributed by atoms with van der Waals surface area (Å²) in [5, 5.41) is 0. The van der Waals surface area contributed by atoms with Crippen molar-refractivity contribution in [3.05, 3.63) is 95.1 Å². The van der Waals surface area contributed by atoms with Crippen LogP contribution in [0.3, 0.4) is 0 Å². The molecule has 14 heteroatoms. The molecule has 0 saturated heterocycles. The largest absolute Gasteiger partial charge is 0.494 e. The SMILES string of the molecule is CCCCCCCCCCCCOc1ccc(C#Cc2ccc(OC(=O)c3ccc(C(=O)OCC(F)(F)C(F)(F)C(F)(F)C(F)(F)F)cc3)cc2)cc1. The third kappa shape index (κ3) is 12.5. The molecule has 0 aliphatic carbocycles. The van der Waals surface area contributed by atoms with Gasteiger partial charge >= 0.3 is 35.9 Å². The van der Waals surface area contributed by atoms with Crippen molar-refractivity contribution in [1.82, 2.24) is 0 Å². The summed E-state index contributed by atoms with van der Waals surface area (Å²) in [5.41, 5.74) is 0.619. The van der Waals surface area contributed by atoms with Gasteiger partial charge < -0.3 is 14.2 Å². The van der Waals surface area contributed by atoms with E-state index in [0.29, 0.717) is 12.2 Å². The highest BCUT2D eigenvalue weighted by molar-refractivity contribution is 5.94. The molecule has 5 nitrogen and oxygen atoms in total. The average molecular weight is 759 g/mol. The molecule has 0 amide bonds. The molecule has 0 spiro atoms. The number of halogens is 9. The number of esters is 2. The summed E-state index contributed by atoms with van der Waals surface area (Å²) < 4.78 is 132. The molecule has 0 fully saturated rings. The monoisotopic (exact) mass is 758 g/mol.